The minimum atomic E-state index is 0.0491. The van der Waals surface area contributed by atoms with Crippen LogP contribution in [-0.4, -0.2) is 51.2 Å². The van der Waals surface area contributed by atoms with Gasteiger partial charge in [0.15, 0.2) is 11.5 Å². The maximum absolute atomic E-state index is 12.3. The molecule has 0 spiro atoms. The van der Waals surface area contributed by atoms with E-state index in [4.69, 9.17) is 9.47 Å². The number of rotatable bonds is 6. The van der Waals surface area contributed by atoms with Crippen LogP contribution in [-0.2, 0) is 4.79 Å². The molecule has 5 nitrogen and oxygen atoms in total. The fraction of sp³-hybridized carbons (Fsp3) is 0.286. The number of carbonyl (C=O) groups is 1. The smallest absolute Gasteiger partial charge is 0.241 e. The van der Waals surface area contributed by atoms with Crippen molar-refractivity contribution in [3.8, 4) is 11.5 Å². The molecule has 136 valence electrons. The summed E-state index contributed by atoms with van der Waals surface area (Å²) in [5.41, 5.74) is 2.07. The monoisotopic (exact) mass is 352 g/mol. The largest absolute Gasteiger partial charge is 0.486 e. The number of benzene rings is 2. The Kier molecular flexibility index (Phi) is 5.79. The van der Waals surface area contributed by atoms with Gasteiger partial charge in [0.25, 0.3) is 0 Å². The molecule has 26 heavy (non-hydrogen) atoms. The van der Waals surface area contributed by atoms with Crippen LogP contribution in [0.4, 0.5) is 5.69 Å². The lowest BCUT2D eigenvalue weighted by molar-refractivity contribution is -0.127. The molecule has 0 saturated heterocycles. The van der Waals surface area contributed by atoms with E-state index in [1.165, 1.54) is 0 Å². The Morgan fingerprint density at radius 1 is 1.04 bits per heavy atom. The highest BCUT2D eigenvalue weighted by Gasteiger charge is 2.17. The van der Waals surface area contributed by atoms with Gasteiger partial charge in [0, 0.05) is 32.4 Å². The second-order valence-corrected chi connectivity index (χ2v) is 6.31. The van der Waals surface area contributed by atoms with Crippen molar-refractivity contribution in [3.63, 3.8) is 0 Å². The predicted octanol–water partition coefficient (Wildman–Crippen LogP) is 3.07. The summed E-state index contributed by atoms with van der Waals surface area (Å²) in [4.78, 5) is 15.9. The van der Waals surface area contributed by atoms with E-state index in [2.05, 4.69) is 24.3 Å². The Labute approximate surface area is 154 Å². The van der Waals surface area contributed by atoms with Crippen molar-refractivity contribution in [2.75, 3.05) is 45.3 Å². The van der Waals surface area contributed by atoms with Crippen LogP contribution in [0.25, 0.3) is 6.08 Å². The third-order valence-corrected chi connectivity index (χ3v) is 4.15. The number of nitrogens with zero attached hydrogens (tertiary/aromatic N) is 2. The normalized spacial score (nSPS) is 12.8. The Bertz CT molecular complexity index is 772. The molecule has 2 aromatic rings. The van der Waals surface area contributed by atoms with Crippen LogP contribution in [0.2, 0.25) is 0 Å². The van der Waals surface area contributed by atoms with Gasteiger partial charge in [-0.3, -0.25) is 4.79 Å². The summed E-state index contributed by atoms with van der Waals surface area (Å²) in [7, 11) is 3.54. The molecular formula is C21H24N2O3. The van der Waals surface area contributed by atoms with E-state index in [-0.39, 0.29) is 5.91 Å². The number of hydrogen-bond acceptors (Lipinski definition) is 4. The summed E-state index contributed by atoms with van der Waals surface area (Å²) in [5.74, 6) is 1.52. The molecule has 0 fully saturated rings. The average molecular weight is 352 g/mol. The number of anilines is 1. The summed E-state index contributed by atoms with van der Waals surface area (Å²) < 4.78 is 11.3. The summed E-state index contributed by atoms with van der Waals surface area (Å²) in [6.07, 6.45) is 4.13. The van der Waals surface area contributed by atoms with Gasteiger partial charge in [0.2, 0.25) is 5.91 Å². The van der Waals surface area contributed by atoms with Crippen LogP contribution in [0.3, 0.4) is 0 Å². The van der Waals surface area contributed by atoms with Crippen molar-refractivity contribution in [1.82, 2.24) is 4.90 Å². The van der Waals surface area contributed by atoms with Crippen LogP contribution < -0.4 is 14.4 Å². The Morgan fingerprint density at radius 3 is 2.50 bits per heavy atom. The van der Waals surface area contributed by atoms with Crippen molar-refractivity contribution in [2.45, 2.75) is 0 Å². The van der Waals surface area contributed by atoms with E-state index in [0.29, 0.717) is 26.3 Å². The van der Waals surface area contributed by atoms with Gasteiger partial charge < -0.3 is 19.3 Å². The molecule has 1 heterocycles. The molecule has 0 atom stereocenters. The zero-order valence-corrected chi connectivity index (χ0v) is 15.2. The molecule has 0 aromatic heterocycles. The molecule has 1 aliphatic heterocycles. The molecule has 0 N–H and O–H groups in total. The minimum Gasteiger partial charge on any atom is -0.486 e. The lowest BCUT2D eigenvalue weighted by Gasteiger charge is -2.26. The van der Waals surface area contributed by atoms with E-state index >= 15 is 0 Å². The zero-order chi connectivity index (χ0) is 18.4. The highest BCUT2D eigenvalue weighted by atomic mass is 16.6. The molecule has 2 aromatic carbocycles. The maximum Gasteiger partial charge on any atom is 0.241 e. The SMILES string of the molecule is CN(C)C(=O)CN(C/C=C/c1ccccc1)c1ccc2c(c1)OCCO2. The Morgan fingerprint density at radius 2 is 1.77 bits per heavy atom. The summed E-state index contributed by atoms with van der Waals surface area (Å²) in [5, 5.41) is 0. The molecule has 0 unspecified atom stereocenters. The fourth-order valence-corrected chi connectivity index (χ4v) is 2.67. The number of likely N-dealkylation sites (N-methyl/N-ethyl adjacent to an activating group) is 1. The van der Waals surface area contributed by atoms with E-state index < -0.39 is 0 Å². The minimum absolute atomic E-state index is 0.0491. The first-order valence-electron chi connectivity index (χ1n) is 8.70. The van der Waals surface area contributed by atoms with Gasteiger partial charge in [0.1, 0.15) is 13.2 Å². The standard InChI is InChI=1S/C21H24N2O3/c1-22(2)21(24)16-23(12-6-9-17-7-4-3-5-8-17)18-10-11-19-20(15-18)26-14-13-25-19/h3-11,15H,12-14,16H2,1-2H3/b9-6+. The van der Waals surface area contributed by atoms with Crippen molar-refractivity contribution in [3.05, 3.63) is 60.2 Å². The first-order valence-corrected chi connectivity index (χ1v) is 8.70. The van der Waals surface area contributed by atoms with Gasteiger partial charge in [-0.05, 0) is 17.7 Å². The average Bonchev–Trinajstić information content (AvgIpc) is 2.67. The van der Waals surface area contributed by atoms with Crippen molar-refractivity contribution in [1.29, 1.82) is 0 Å². The van der Waals surface area contributed by atoms with Crippen molar-refractivity contribution >= 4 is 17.7 Å². The Hall–Kier alpha value is -2.95. The number of hydrogen-bond donors (Lipinski definition) is 0. The van der Waals surface area contributed by atoms with Gasteiger partial charge in [0.05, 0.1) is 6.54 Å². The third-order valence-electron chi connectivity index (χ3n) is 4.15. The predicted molar refractivity (Wildman–Crippen MR) is 104 cm³/mol. The quantitative estimate of drug-likeness (QED) is 0.801. The number of ether oxygens (including phenoxy) is 2. The second kappa shape index (κ2) is 8.43. The van der Waals surface area contributed by atoms with Gasteiger partial charge in [-0.2, -0.15) is 0 Å². The molecule has 1 amide bonds. The van der Waals surface area contributed by atoms with Crippen LogP contribution in [0.5, 0.6) is 11.5 Å². The summed E-state index contributed by atoms with van der Waals surface area (Å²) in [6, 6.07) is 15.9. The van der Waals surface area contributed by atoms with Crippen LogP contribution in [0.15, 0.2) is 54.6 Å². The molecule has 1 aliphatic rings. The van der Waals surface area contributed by atoms with E-state index in [1.54, 1.807) is 19.0 Å². The topological polar surface area (TPSA) is 42.0 Å². The molecule has 0 radical (unpaired) electrons. The van der Waals surface area contributed by atoms with Gasteiger partial charge in [-0.1, -0.05) is 42.5 Å². The molecule has 0 bridgehead atoms. The van der Waals surface area contributed by atoms with Gasteiger partial charge in [-0.15, -0.1) is 0 Å². The highest BCUT2D eigenvalue weighted by molar-refractivity contribution is 5.81. The summed E-state index contributed by atoms with van der Waals surface area (Å²) >= 11 is 0. The van der Waals surface area contributed by atoms with Gasteiger partial charge in [-0.25, -0.2) is 0 Å². The van der Waals surface area contributed by atoms with Crippen LogP contribution in [0, 0.1) is 0 Å². The number of fused-ring (bicyclic) bond motifs is 1. The first-order chi connectivity index (χ1) is 12.6. The van der Waals surface area contributed by atoms with Crippen LogP contribution in [0.1, 0.15) is 5.56 Å². The number of carbonyl (C=O) groups excluding carboxylic acids is 1. The molecule has 5 heteroatoms. The maximum atomic E-state index is 12.3. The van der Waals surface area contributed by atoms with Gasteiger partial charge >= 0.3 is 0 Å². The molecule has 3 rings (SSSR count). The molecule has 0 saturated carbocycles. The third kappa shape index (κ3) is 4.57. The van der Waals surface area contributed by atoms with Crippen molar-refractivity contribution < 1.29 is 14.3 Å². The lowest BCUT2D eigenvalue weighted by atomic mass is 10.2. The lowest BCUT2D eigenvalue weighted by Crippen LogP contribution is -2.36. The molecular weight excluding hydrogens is 328 g/mol. The summed E-state index contributed by atoms with van der Waals surface area (Å²) in [6.45, 7) is 2.02. The first kappa shape index (κ1) is 17.9. The second-order valence-electron chi connectivity index (χ2n) is 6.31. The molecule has 0 aliphatic carbocycles. The van der Waals surface area contributed by atoms with E-state index in [0.717, 1.165) is 22.7 Å². The van der Waals surface area contributed by atoms with E-state index in [9.17, 15) is 4.79 Å². The van der Waals surface area contributed by atoms with Crippen molar-refractivity contribution in [2.24, 2.45) is 0 Å². The number of amides is 1. The van der Waals surface area contributed by atoms with E-state index in [1.807, 2.05) is 41.3 Å². The van der Waals surface area contributed by atoms with Crippen LogP contribution >= 0.6 is 0 Å². The Balaban J connectivity index is 1.78. The highest BCUT2D eigenvalue weighted by Crippen LogP contribution is 2.34. The zero-order valence-electron chi connectivity index (χ0n) is 15.2. The fourth-order valence-electron chi connectivity index (χ4n) is 2.67.